The first-order chi connectivity index (χ1) is 10.7. The quantitative estimate of drug-likeness (QED) is 0.712. The van der Waals surface area contributed by atoms with Gasteiger partial charge in [-0.15, -0.1) is 0 Å². The summed E-state index contributed by atoms with van der Waals surface area (Å²) in [5.41, 5.74) is 0.677. The number of nitrogens with zero attached hydrogens (tertiary/aromatic N) is 1. The van der Waals surface area contributed by atoms with E-state index in [0.717, 1.165) is 18.7 Å². The molecule has 1 amide bonds. The number of halogens is 1. The van der Waals surface area contributed by atoms with Crippen LogP contribution in [0.4, 0.5) is 0 Å². The highest BCUT2D eigenvalue weighted by Gasteiger charge is 2.14. The number of likely N-dealkylation sites (N-methyl/N-ethyl adjacent to an activating group) is 1. The Morgan fingerprint density at radius 2 is 2.00 bits per heavy atom. The van der Waals surface area contributed by atoms with E-state index in [9.17, 15) is 4.79 Å². The Hall–Kier alpha value is -1.30. The number of ether oxygens (including phenoxy) is 1. The molecule has 0 aliphatic carbocycles. The second-order valence-corrected chi connectivity index (χ2v) is 7.26. The van der Waals surface area contributed by atoms with Crippen LogP contribution in [-0.4, -0.2) is 50.1 Å². The van der Waals surface area contributed by atoms with Gasteiger partial charge in [-0.05, 0) is 53.1 Å². The van der Waals surface area contributed by atoms with E-state index in [0.29, 0.717) is 17.3 Å². The van der Waals surface area contributed by atoms with Crippen LogP contribution in [0.15, 0.2) is 18.2 Å². The predicted octanol–water partition coefficient (Wildman–Crippen LogP) is 2.28. The summed E-state index contributed by atoms with van der Waals surface area (Å²) in [6, 6.07) is 5.43. The number of hydrogen-bond acceptors (Lipinski definition) is 4. The fraction of sp³-hybridized carbons (Fsp3) is 0.588. The van der Waals surface area contributed by atoms with Crippen molar-refractivity contribution in [1.82, 2.24) is 15.5 Å². The molecule has 0 heterocycles. The van der Waals surface area contributed by atoms with Crippen LogP contribution in [0, 0.1) is 0 Å². The molecular weight excluding hydrogens is 314 g/mol. The first-order valence-corrected chi connectivity index (χ1v) is 8.13. The molecule has 23 heavy (non-hydrogen) atoms. The summed E-state index contributed by atoms with van der Waals surface area (Å²) in [6.07, 6.45) is 0. The normalized spacial score (nSPS) is 11.6. The lowest BCUT2D eigenvalue weighted by molar-refractivity contribution is -0.124. The summed E-state index contributed by atoms with van der Waals surface area (Å²) < 4.78 is 5.66. The largest absolute Gasteiger partial charge is 0.483 e. The van der Waals surface area contributed by atoms with Crippen LogP contribution >= 0.6 is 11.6 Å². The van der Waals surface area contributed by atoms with Gasteiger partial charge in [-0.2, -0.15) is 0 Å². The van der Waals surface area contributed by atoms with Gasteiger partial charge in [0.2, 0.25) is 0 Å². The van der Waals surface area contributed by atoms with Gasteiger partial charge in [0.25, 0.3) is 5.91 Å². The molecule has 0 radical (unpaired) electrons. The maximum Gasteiger partial charge on any atom is 0.258 e. The number of benzene rings is 1. The van der Waals surface area contributed by atoms with Crippen molar-refractivity contribution in [3.8, 4) is 5.75 Å². The minimum atomic E-state index is -0.267. The van der Waals surface area contributed by atoms with E-state index in [1.807, 2.05) is 40.9 Å². The van der Waals surface area contributed by atoms with Gasteiger partial charge in [0.05, 0.1) is 0 Å². The van der Waals surface area contributed by atoms with Crippen molar-refractivity contribution in [3.05, 3.63) is 28.8 Å². The lowest BCUT2D eigenvalue weighted by atomic mass is 10.1. The van der Waals surface area contributed by atoms with Crippen molar-refractivity contribution in [2.24, 2.45) is 0 Å². The van der Waals surface area contributed by atoms with E-state index in [4.69, 9.17) is 16.3 Å². The lowest BCUT2D eigenvalue weighted by Gasteiger charge is -2.21. The average Bonchev–Trinajstić information content (AvgIpc) is 2.40. The van der Waals surface area contributed by atoms with Gasteiger partial charge in [0.15, 0.2) is 6.61 Å². The number of rotatable bonds is 8. The summed E-state index contributed by atoms with van der Waals surface area (Å²) in [5.74, 6) is 0.537. The minimum absolute atomic E-state index is 0.0103. The van der Waals surface area contributed by atoms with Crippen molar-refractivity contribution < 1.29 is 9.53 Å². The molecule has 0 unspecified atom stereocenters. The highest BCUT2D eigenvalue weighted by molar-refractivity contribution is 6.30. The lowest BCUT2D eigenvalue weighted by Crippen LogP contribution is -2.43. The van der Waals surface area contributed by atoms with E-state index < -0.39 is 0 Å². The fourth-order valence-electron chi connectivity index (χ4n) is 1.95. The van der Waals surface area contributed by atoms with Gasteiger partial charge in [-0.1, -0.05) is 11.6 Å². The molecule has 6 heteroatoms. The zero-order valence-corrected chi connectivity index (χ0v) is 15.5. The molecule has 1 aromatic rings. The van der Waals surface area contributed by atoms with Gasteiger partial charge in [0, 0.05) is 35.8 Å². The van der Waals surface area contributed by atoms with Crippen molar-refractivity contribution in [2.75, 3.05) is 33.8 Å². The molecule has 2 N–H and O–H groups in total. The molecule has 130 valence electrons. The Morgan fingerprint density at radius 1 is 1.30 bits per heavy atom. The average molecular weight is 342 g/mol. The van der Waals surface area contributed by atoms with Crippen molar-refractivity contribution >= 4 is 17.5 Å². The van der Waals surface area contributed by atoms with Crippen LogP contribution in [-0.2, 0) is 11.3 Å². The highest BCUT2D eigenvalue weighted by Crippen LogP contribution is 2.22. The monoisotopic (exact) mass is 341 g/mol. The molecule has 1 rings (SSSR count). The minimum Gasteiger partial charge on any atom is -0.483 e. The fourth-order valence-corrected chi connectivity index (χ4v) is 2.15. The van der Waals surface area contributed by atoms with Crippen LogP contribution < -0.4 is 15.4 Å². The van der Waals surface area contributed by atoms with Crippen LogP contribution in [0.5, 0.6) is 5.75 Å². The van der Waals surface area contributed by atoms with Gasteiger partial charge < -0.3 is 20.3 Å². The number of hydrogen-bond donors (Lipinski definition) is 2. The van der Waals surface area contributed by atoms with E-state index in [1.165, 1.54) is 0 Å². The maximum absolute atomic E-state index is 11.9. The second-order valence-electron chi connectivity index (χ2n) is 6.82. The summed E-state index contributed by atoms with van der Waals surface area (Å²) >= 11 is 6.06. The summed E-state index contributed by atoms with van der Waals surface area (Å²) in [5, 5.41) is 6.87. The molecule has 0 bridgehead atoms. The van der Waals surface area contributed by atoms with E-state index in [2.05, 4.69) is 15.5 Å². The molecule has 0 atom stereocenters. The summed E-state index contributed by atoms with van der Waals surface area (Å²) in [6.45, 7) is 8.26. The van der Waals surface area contributed by atoms with Crippen LogP contribution in [0.3, 0.4) is 0 Å². The van der Waals surface area contributed by atoms with Crippen LogP contribution in [0.25, 0.3) is 0 Å². The molecule has 0 aromatic heterocycles. The molecule has 0 saturated heterocycles. The molecular formula is C17H28ClN3O2. The smallest absolute Gasteiger partial charge is 0.258 e. The molecule has 0 fully saturated rings. The molecule has 0 spiro atoms. The molecule has 0 aliphatic heterocycles. The van der Waals surface area contributed by atoms with Crippen LogP contribution in [0.2, 0.25) is 5.02 Å². The Bertz CT molecular complexity index is 513. The third-order valence-electron chi connectivity index (χ3n) is 2.95. The van der Waals surface area contributed by atoms with Gasteiger partial charge in [0.1, 0.15) is 5.75 Å². The SMILES string of the molecule is CN(C)CCNCc1cc(Cl)ccc1OCC(=O)NC(C)(C)C. The van der Waals surface area contributed by atoms with Gasteiger partial charge in [-0.3, -0.25) is 4.79 Å². The van der Waals surface area contributed by atoms with Crippen molar-refractivity contribution in [2.45, 2.75) is 32.9 Å². The number of carbonyl (C=O) groups excluding carboxylic acids is 1. The van der Waals surface area contributed by atoms with Crippen molar-refractivity contribution in [3.63, 3.8) is 0 Å². The zero-order chi connectivity index (χ0) is 17.5. The predicted molar refractivity (Wildman–Crippen MR) is 95.1 cm³/mol. The highest BCUT2D eigenvalue weighted by atomic mass is 35.5. The first-order valence-electron chi connectivity index (χ1n) is 7.75. The van der Waals surface area contributed by atoms with E-state index in [-0.39, 0.29) is 18.1 Å². The van der Waals surface area contributed by atoms with Crippen molar-refractivity contribution in [1.29, 1.82) is 0 Å². The Labute approximate surface area is 144 Å². The summed E-state index contributed by atoms with van der Waals surface area (Å²) in [7, 11) is 4.06. The van der Waals surface area contributed by atoms with Gasteiger partial charge >= 0.3 is 0 Å². The standard InChI is InChI=1S/C17H28ClN3O2/c1-17(2,3)20-16(22)12-23-15-7-6-14(18)10-13(15)11-19-8-9-21(4)5/h6-7,10,19H,8-9,11-12H2,1-5H3,(H,20,22). The number of amides is 1. The molecule has 0 saturated carbocycles. The topological polar surface area (TPSA) is 53.6 Å². The Morgan fingerprint density at radius 3 is 2.61 bits per heavy atom. The summed E-state index contributed by atoms with van der Waals surface area (Å²) in [4.78, 5) is 14.0. The van der Waals surface area contributed by atoms with E-state index >= 15 is 0 Å². The number of carbonyl (C=O) groups is 1. The Kier molecular flexibility index (Phi) is 7.82. The van der Waals surface area contributed by atoms with Crippen LogP contribution in [0.1, 0.15) is 26.3 Å². The Balaban J connectivity index is 2.58. The maximum atomic E-state index is 11.9. The zero-order valence-electron chi connectivity index (χ0n) is 14.7. The first kappa shape index (κ1) is 19.7. The third kappa shape index (κ3) is 8.79. The molecule has 1 aromatic carbocycles. The molecule has 5 nitrogen and oxygen atoms in total. The van der Waals surface area contributed by atoms with E-state index in [1.54, 1.807) is 12.1 Å². The number of nitrogens with one attached hydrogen (secondary N) is 2. The second kappa shape index (κ2) is 9.11. The molecule has 0 aliphatic rings. The third-order valence-corrected chi connectivity index (χ3v) is 3.18. The van der Waals surface area contributed by atoms with Gasteiger partial charge in [-0.25, -0.2) is 0 Å².